The Balaban J connectivity index is 1.55. The Kier molecular flexibility index (Phi) is 10.2. The minimum Gasteiger partial charge on any atom is -0.494 e. The van der Waals surface area contributed by atoms with Gasteiger partial charge in [0.25, 0.3) is 0 Å². The fourth-order valence-corrected chi connectivity index (χ4v) is 4.38. The molecular formula is C25H29BrN4O3S. The second kappa shape index (κ2) is 13.3. The summed E-state index contributed by atoms with van der Waals surface area (Å²) in [5, 5.41) is 13.6. The Morgan fingerprint density at radius 3 is 2.59 bits per heavy atom. The number of nitrogens with zero attached hydrogens (tertiary/aromatic N) is 2. The molecule has 0 bridgehead atoms. The quantitative estimate of drug-likeness (QED) is 0.226. The maximum atomic E-state index is 12.8. The molecule has 0 spiro atoms. The normalized spacial score (nSPS) is 17.4. The molecule has 1 fully saturated rings. The number of nitrogens with one attached hydrogen (secondary N) is 2. The first-order valence-electron chi connectivity index (χ1n) is 11.3. The number of amides is 2. The average molecular weight is 546 g/mol. The van der Waals surface area contributed by atoms with E-state index in [0.29, 0.717) is 23.2 Å². The van der Waals surface area contributed by atoms with Crippen LogP contribution in [-0.2, 0) is 9.59 Å². The lowest BCUT2D eigenvalue weighted by molar-refractivity contribution is -0.123. The van der Waals surface area contributed by atoms with Crippen molar-refractivity contribution in [3.8, 4) is 5.75 Å². The molecule has 0 aliphatic carbocycles. The molecule has 7 nitrogen and oxygen atoms in total. The summed E-state index contributed by atoms with van der Waals surface area (Å²) in [6.45, 7) is 4.71. The van der Waals surface area contributed by atoms with Crippen molar-refractivity contribution in [3.05, 3.63) is 58.6 Å². The van der Waals surface area contributed by atoms with Crippen LogP contribution in [-0.4, -0.2) is 34.6 Å². The van der Waals surface area contributed by atoms with Crippen LogP contribution in [0, 0.1) is 0 Å². The Morgan fingerprint density at radius 1 is 1.15 bits per heavy atom. The minimum absolute atomic E-state index is 0.0733. The SMILES string of the molecule is CCCCCCOc1ccc(NC(=O)C2CC(=O)N/C(=N/N=C(\C)c3ccc(Br)cc3)S2)cc1. The van der Waals surface area contributed by atoms with E-state index in [9.17, 15) is 9.59 Å². The van der Waals surface area contributed by atoms with Crippen LogP contribution in [0.15, 0.2) is 63.2 Å². The topological polar surface area (TPSA) is 92.1 Å². The van der Waals surface area contributed by atoms with Crippen molar-refractivity contribution in [1.29, 1.82) is 0 Å². The maximum Gasteiger partial charge on any atom is 0.238 e. The second-order valence-electron chi connectivity index (χ2n) is 7.88. The number of unbranched alkanes of at least 4 members (excludes halogenated alkanes) is 3. The van der Waals surface area contributed by atoms with Crippen LogP contribution in [0.5, 0.6) is 5.75 Å². The molecule has 3 rings (SSSR count). The van der Waals surface area contributed by atoms with Crippen molar-refractivity contribution < 1.29 is 14.3 Å². The Labute approximate surface area is 213 Å². The summed E-state index contributed by atoms with van der Waals surface area (Å²) in [5.41, 5.74) is 2.27. The molecular weight excluding hydrogens is 516 g/mol. The highest BCUT2D eigenvalue weighted by molar-refractivity contribution is 9.10. The van der Waals surface area contributed by atoms with Crippen molar-refractivity contribution >= 4 is 56.1 Å². The van der Waals surface area contributed by atoms with Gasteiger partial charge in [-0.25, -0.2) is 0 Å². The highest BCUT2D eigenvalue weighted by Gasteiger charge is 2.30. The van der Waals surface area contributed by atoms with Gasteiger partial charge in [-0.05, 0) is 55.3 Å². The van der Waals surface area contributed by atoms with Crippen molar-refractivity contribution in [3.63, 3.8) is 0 Å². The Morgan fingerprint density at radius 2 is 1.88 bits per heavy atom. The third-order valence-electron chi connectivity index (χ3n) is 5.10. The molecule has 0 saturated carbocycles. The number of hydrogen-bond acceptors (Lipinski definition) is 6. The number of ether oxygens (including phenoxy) is 1. The number of carbonyl (C=O) groups excluding carboxylic acids is 2. The van der Waals surface area contributed by atoms with Crippen LogP contribution >= 0.6 is 27.7 Å². The van der Waals surface area contributed by atoms with Crippen molar-refractivity contribution in [2.45, 2.75) is 51.2 Å². The molecule has 1 unspecified atom stereocenters. The molecule has 0 radical (unpaired) electrons. The van der Waals surface area contributed by atoms with Crippen LogP contribution in [0.4, 0.5) is 5.69 Å². The van der Waals surface area contributed by atoms with Gasteiger partial charge in [0.15, 0.2) is 5.17 Å². The standard InChI is InChI=1S/C25H29BrN4O3S/c1-3-4-5-6-15-33-21-13-11-20(12-14-21)27-24(32)22-16-23(31)28-25(34-22)30-29-17(2)18-7-9-19(26)10-8-18/h7-14,22H,3-6,15-16H2,1-2H3,(H,27,32)(H,28,30,31)/b29-17+. The van der Waals surface area contributed by atoms with E-state index in [1.54, 1.807) is 12.1 Å². The molecule has 2 aromatic carbocycles. The number of halogens is 1. The van der Waals surface area contributed by atoms with E-state index in [0.717, 1.165) is 28.6 Å². The predicted octanol–water partition coefficient (Wildman–Crippen LogP) is 5.75. The highest BCUT2D eigenvalue weighted by Crippen LogP contribution is 2.24. The van der Waals surface area contributed by atoms with E-state index < -0.39 is 5.25 Å². The number of carbonyl (C=O) groups is 2. The van der Waals surface area contributed by atoms with Gasteiger partial charge in [-0.1, -0.05) is 66.0 Å². The predicted molar refractivity (Wildman–Crippen MR) is 143 cm³/mol. The molecule has 1 heterocycles. The van der Waals surface area contributed by atoms with Gasteiger partial charge in [-0.15, -0.1) is 5.10 Å². The fraction of sp³-hybridized carbons (Fsp3) is 0.360. The van der Waals surface area contributed by atoms with Crippen LogP contribution in [0.2, 0.25) is 0 Å². The lowest BCUT2D eigenvalue weighted by atomic mass is 10.1. The summed E-state index contributed by atoms with van der Waals surface area (Å²) < 4.78 is 6.72. The van der Waals surface area contributed by atoms with Crippen LogP contribution in [0.25, 0.3) is 0 Å². The van der Waals surface area contributed by atoms with E-state index in [-0.39, 0.29) is 18.2 Å². The lowest BCUT2D eigenvalue weighted by Crippen LogP contribution is -2.41. The first-order chi connectivity index (χ1) is 16.4. The van der Waals surface area contributed by atoms with E-state index >= 15 is 0 Å². The summed E-state index contributed by atoms with van der Waals surface area (Å²) in [5.74, 6) is 0.254. The highest BCUT2D eigenvalue weighted by atomic mass is 79.9. The van der Waals surface area contributed by atoms with E-state index in [1.165, 1.54) is 24.6 Å². The van der Waals surface area contributed by atoms with Crippen molar-refractivity contribution in [1.82, 2.24) is 5.32 Å². The molecule has 2 aromatic rings. The summed E-state index contributed by atoms with van der Waals surface area (Å²) in [4.78, 5) is 24.9. The van der Waals surface area contributed by atoms with Gasteiger partial charge in [-0.2, -0.15) is 5.10 Å². The zero-order valence-electron chi connectivity index (χ0n) is 19.3. The van der Waals surface area contributed by atoms with E-state index in [2.05, 4.69) is 43.7 Å². The number of hydrogen-bond donors (Lipinski definition) is 2. The van der Waals surface area contributed by atoms with Crippen LogP contribution in [0.1, 0.15) is 51.5 Å². The van der Waals surface area contributed by atoms with Gasteiger partial charge in [0, 0.05) is 16.6 Å². The zero-order valence-corrected chi connectivity index (χ0v) is 21.7. The molecule has 1 aliphatic rings. The molecule has 1 aliphatic heterocycles. The average Bonchev–Trinajstić information content (AvgIpc) is 2.83. The van der Waals surface area contributed by atoms with Gasteiger partial charge in [0.2, 0.25) is 11.8 Å². The van der Waals surface area contributed by atoms with Gasteiger partial charge in [0.1, 0.15) is 11.0 Å². The summed E-state index contributed by atoms with van der Waals surface area (Å²) in [7, 11) is 0. The number of thioether (sulfide) groups is 1. The monoisotopic (exact) mass is 544 g/mol. The van der Waals surface area contributed by atoms with Crippen molar-refractivity contribution in [2.24, 2.45) is 10.2 Å². The largest absolute Gasteiger partial charge is 0.494 e. The molecule has 1 atom stereocenters. The number of anilines is 1. The number of benzene rings is 2. The third-order valence-corrected chi connectivity index (χ3v) is 6.71. The smallest absolute Gasteiger partial charge is 0.238 e. The molecule has 0 aromatic heterocycles. The summed E-state index contributed by atoms with van der Waals surface area (Å²) in [6.07, 6.45) is 4.68. The molecule has 180 valence electrons. The second-order valence-corrected chi connectivity index (χ2v) is 9.99. The number of rotatable bonds is 10. The summed E-state index contributed by atoms with van der Waals surface area (Å²) in [6, 6.07) is 15.0. The molecule has 2 amide bonds. The molecule has 1 saturated heterocycles. The maximum absolute atomic E-state index is 12.8. The minimum atomic E-state index is -0.592. The zero-order chi connectivity index (χ0) is 24.3. The molecule has 9 heteroatoms. The summed E-state index contributed by atoms with van der Waals surface area (Å²) >= 11 is 4.59. The number of amidine groups is 1. The Hall–Kier alpha value is -2.65. The first kappa shape index (κ1) is 26.0. The van der Waals surface area contributed by atoms with Crippen molar-refractivity contribution in [2.75, 3.05) is 11.9 Å². The van der Waals surface area contributed by atoms with Crippen LogP contribution in [0.3, 0.4) is 0 Å². The van der Waals surface area contributed by atoms with Gasteiger partial charge in [-0.3, -0.25) is 9.59 Å². The van der Waals surface area contributed by atoms with Gasteiger partial charge >= 0.3 is 0 Å². The van der Waals surface area contributed by atoms with E-state index in [4.69, 9.17) is 4.74 Å². The molecule has 2 N–H and O–H groups in total. The van der Waals surface area contributed by atoms with E-state index in [1.807, 2.05) is 43.3 Å². The molecule has 34 heavy (non-hydrogen) atoms. The lowest BCUT2D eigenvalue weighted by Gasteiger charge is -2.21. The first-order valence-corrected chi connectivity index (χ1v) is 13.0. The Bertz CT molecular complexity index is 1040. The van der Waals surface area contributed by atoms with Crippen LogP contribution < -0.4 is 15.4 Å². The van der Waals surface area contributed by atoms with Gasteiger partial charge < -0.3 is 15.4 Å². The fourth-order valence-electron chi connectivity index (χ4n) is 3.18. The van der Waals surface area contributed by atoms with Gasteiger partial charge in [0.05, 0.1) is 12.3 Å². The third kappa shape index (κ3) is 8.29.